The van der Waals surface area contributed by atoms with E-state index in [1.54, 1.807) is 6.33 Å². The van der Waals surface area contributed by atoms with Crippen LogP contribution in [0.15, 0.2) is 12.5 Å². The Balaban J connectivity index is 2.03. The van der Waals surface area contributed by atoms with E-state index >= 15 is 0 Å². The summed E-state index contributed by atoms with van der Waals surface area (Å²) in [7, 11) is 0. The van der Waals surface area contributed by atoms with Gasteiger partial charge in [0.15, 0.2) is 0 Å². The molecule has 1 fully saturated rings. The number of hydrogen-bond donors (Lipinski definition) is 1. The van der Waals surface area contributed by atoms with E-state index in [9.17, 15) is 0 Å². The molecular formula is C14H23N3O. The van der Waals surface area contributed by atoms with Crippen LogP contribution in [0.4, 0.5) is 0 Å². The Labute approximate surface area is 109 Å². The third-order valence-electron chi connectivity index (χ3n) is 3.61. The third-order valence-corrected chi connectivity index (χ3v) is 3.61. The van der Waals surface area contributed by atoms with Crippen molar-refractivity contribution in [1.29, 1.82) is 0 Å². The Morgan fingerprint density at radius 3 is 3.00 bits per heavy atom. The summed E-state index contributed by atoms with van der Waals surface area (Å²) in [5.41, 5.74) is 1.05. The minimum atomic E-state index is 0.314. The van der Waals surface area contributed by atoms with Crippen LogP contribution >= 0.6 is 0 Å². The third kappa shape index (κ3) is 3.42. The van der Waals surface area contributed by atoms with Gasteiger partial charge >= 0.3 is 0 Å². The maximum absolute atomic E-state index is 6.10. The smallest absolute Gasteiger partial charge is 0.221 e. The highest BCUT2D eigenvalue weighted by Crippen LogP contribution is 2.28. The number of nitrogens with zero attached hydrogens (tertiary/aromatic N) is 2. The quantitative estimate of drug-likeness (QED) is 0.871. The minimum absolute atomic E-state index is 0.314. The lowest BCUT2D eigenvalue weighted by molar-refractivity contribution is 0.0961. The highest BCUT2D eigenvalue weighted by Gasteiger charge is 2.24. The molecule has 0 saturated heterocycles. The van der Waals surface area contributed by atoms with Gasteiger partial charge in [-0.3, -0.25) is 0 Å². The Morgan fingerprint density at radius 1 is 1.39 bits per heavy atom. The summed E-state index contributed by atoms with van der Waals surface area (Å²) in [4.78, 5) is 8.37. The van der Waals surface area contributed by atoms with Crippen LogP contribution in [0.5, 0.6) is 5.88 Å². The first kappa shape index (κ1) is 13.3. The fourth-order valence-electron chi connectivity index (χ4n) is 2.43. The van der Waals surface area contributed by atoms with Gasteiger partial charge in [0.1, 0.15) is 12.4 Å². The van der Waals surface area contributed by atoms with Crippen LogP contribution in [-0.2, 0) is 6.54 Å². The van der Waals surface area contributed by atoms with Crippen LogP contribution in [-0.4, -0.2) is 22.6 Å². The number of hydrogen-bond acceptors (Lipinski definition) is 4. The zero-order valence-electron chi connectivity index (χ0n) is 11.4. The topological polar surface area (TPSA) is 47.0 Å². The summed E-state index contributed by atoms with van der Waals surface area (Å²) < 4.78 is 6.10. The summed E-state index contributed by atoms with van der Waals surface area (Å²) >= 11 is 0. The molecule has 1 N–H and O–H groups in total. The zero-order valence-corrected chi connectivity index (χ0v) is 11.4. The number of rotatable bonds is 5. The molecule has 2 unspecified atom stereocenters. The number of nitrogens with one attached hydrogen (secondary N) is 1. The van der Waals surface area contributed by atoms with Gasteiger partial charge in [0.25, 0.3) is 0 Å². The van der Waals surface area contributed by atoms with Gasteiger partial charge in [0.05, 0.1) is 0 Å². The molecule has 1 aromatic heterocycles. The van der Waals surface area contributed by atoms with Gasteiger partial charge in [0, 0.05) is 18.3 Å². The van der Waals surface area contributed by atoms with Crippen molar-refractivity contribution < 1.29 is 4.74 Å². The van der Waals surface area contributed by atoms with E-state index in [-0.39, 0.29) is 0 Å². The van der Waals surface area contributed by atoms with Crippen LogP contribution < -0.4 is 10.1 Å². The summed E-state index contributed by atoms with van der Waals surface area (Å²) in [5.74, 6) is 1.38. The van der Waals surface area contributed by atoms with Gasteiger partial charge in [-0.25, -0.2) is 9.97 Å². The summed E-state index contributed by atoms with van der Waals surface area (Å²) in [6.45, 7) is 6.07. The van der Waals surface area contributed by atoms with E-state index in [0.717, 1.165) is 31.0 Å². The highest BCUT2D eigenvalue weighted by molar-refractivity contribution is 5.22. The molecule has 0 bridgehead atoms. The molecule has 0 radical (unpaired) electrons. The second kappa shape index (κ2) is 6.69. The molecule has 4 nitrogen and oxygen atoms in total. The molecule has 0 aliphatic heterocycles. The fourth-order valence-corrected chi connectivity index (χ4v) is 2.43. The van der Waals surface area contributed by atoms with Crippen LogP contribution in [0.1, 0.15) is 45.1 Å². The molecule has 18 heavy (non-hydrogen) atoms. The Kier molecular flexibility index (Phi) is 4.93. The van der Waals surface area contributed by atoms with E-state index in [0.29, 0.717) is 12.0 Å². The number of aromatic nitrogens is 2. The zero-order chi connectivity index (χ0) is 12.8. The van der Waals surface area contributed by atoms with Crippen molar-refractivity contribution in [1.82, 2.24) is 15.3 Å². The largest absolute Gasteiger partial charge is 0.474 e. The molecule has 2 rings (SSSR count). The van der Waals surface area contributed by atoms with Gasteiger partial charge < -0.3 is 10.1 Å². The first-order valence-electron chi connectivity index (χ1n) is 6.97. The van der Waals surface area contributed by atoms with Crippen molar-refractivity contribution in [3.05, 3.63) is 18.1 Å². The second-order valence-electron chi connectivity index (χ2n) is 5.05. The van der Waals surface area contributed by atoms with E-state index in [1.165, 1.54) is 19.3 Å². The van der Waals surface area contributed by atoms with Crippen molar-refractivity contribution in [2.24, 2.45) is 5.92 Å². The number of ether oxygens (including phenoxy) is 1. The molecular weight excluding hydrogens is 226 g/mol. The lowest BCUT2D eigenvalue weighted by Gasteiger charge is -2.29. The monoisotopic (exact) mass is 249 g/mol. The molecule has 1 aromatic rings. The predicted molar refractivity (Wildman–Crippen MR) is 71.5 cm³/mol. The van der Waals surface area contributed by atoms with E-state index in [2.05, 4.69) is 29.1 Å². The standard InChI is InChI=1S/C14H23N3O/c1-3-15-8-12-9-16-10-17-14(12)18-13-7-5-4-6-11(13)2/h9-11,13,15H,3-8H2,1-2H3. The van der Waals surface area contributed by atoms with Gasteiger partial charge in [0.2, 0.25) is 5.88 Å². The molecule has 0 aromatic carbocycles. The van der Waals surface area contributed by atoms with Crippen molar-refractivity contribution in [3.8, 4) is 5.88 Å². The van der Waals surface area contributed by atoms with E-state index < -0.39 is 0 Å². The van der Waals surface area contributed by atoms with E-state index in [1.807, 2.05) is 6.20 Å². The maximum atomic E-state index is 6.10. The molecule has 1 heterocycles. The minimum Gasteiger partial charge on any atom is -0.474 e. The Bertz CT molecular complexity index is 370. The summed E-state index contributed by atoms with van der Waals surface area (Å²) in [5, 5.41) is 3.29. The lowest BCUT2D eigenvalue weighted by atomic mass is 9.88. The van der Waals surface area contributed by atoms with Crippen molar-refractivity contribution in [2.45, 2.75) is 52.2 Å². The van der Waals surface area contributed by atoms with Gasteiger partial charge in [-0.05, 0) is 31.7 Å². The molecule has 1 aliphatic rings. The van der Waals surface area contributed by atoms with Gasteiger partial charge in [-0.2, -0.15) is 0 Å². The summed E-state index contributed by atoms with van der Waals surface area (Å²) in [6.07, 6.45) is 8.73. The Hall–Kier alpha value is -1.16. The molecule has 1 saturated carbocycles. The average molecular weight is 249 g/mol. The SMILES string of the molecule is CCNCc1cncnc1OC1CCCCC1C. The normalized spacial score (nSPS) is 23.9. The van der Waals surface area contributed by atoms with Gasteiger partial charge in [-0.15, -0.1) is 0 Å². The average Bonchev–Trinajstić information content (AvgIpc) is 2.40. The Morgan fingerprint density at radius 2 is 2.22 bits per heavy atom. The molecule has 2 atom stereocenters. The molecule has 1 aliphatic carbocycles. The van der Waals surface area contributed by atoms with Crippen molar-refractivity contribution in [2.75, 3.05) is 6.54 Å². The lowest BCUT2D eigenvalue weighted by Crippen LogP contribution is -2.29. The van der Waals surface area contributed by atoms with E-state index in [4.69, 9.17) is 4.74 Å². The molecule has 0 amide bonds. The summed E-state index contributed by atoms with van der Waals surface area (Å²) in [6, 6.07) is 0. The van der Waals surface area contributed by atoms with Crippen LogP contribution in [0.25, 0.3) is 0 Å². The van der Waals surface area contributed by atoms with Crippen molar-refractivity contribution >= 4 is 0 Å². The molecule has 0 spiro atoms. The second-order valence-corrected chi connectivity index (χ2v) is 5.05. The molecule has 4 heteroatoms. The van der Waals surface area contributed by atoms with Crippen LogP contribution in [0, 0.1) is 5.92 Å². The van der Waals surface area contributed by atoms with Crippen LogP contribution in [0.2, 0.25) is 0 Å². The maximum Gasteiger partial charge on any atom is 0.221 e. The first-order valence-corrected chi connectivity index (χ1v) is 6.97. The first-order chi connectivity index (χ1) is 8.81. The van der Waals surface area contributed by atoms with Crippen LogP contribution in [0.3, 0.4) is 0 Å². The fraction of sp³-hybridized carbons (Fsp3) is 0.714. The van der Waals surface area contributed by atoms with Gasteiger partial charge in [-0.1, -0.05) is 20.3 Å². The van der Waals surface area contributed by atoms with Crippen molar-refractivity contribution in [3.63, 3.8) is 0 Å². The highest BCUT2D eigenvalue weighted by atomic mass is 16.5. The molecule has 100 valence electrons. The predicted octanol–water partition coefficient (Wildman–Crippen LogP) is 2.54.